The molecule has 1 aliphatic rings. The van der Waals surface area contributed by atoms with Gasteiger partial charge in [0.1, 0.15) is 0 Å². The maximum absolute atomic E-state index is 12.5. The summed E-state index contributed by atoms with van der Waals surface area (Å²) in [6.45, 7) is 6.04. The average Bonchev–Trinajstić information content (AvgIpc) is 2.75. The van der Waals surface area contributed by atoms with Gasteiger partial charge in [0.2, 0.25) is 0 Å². The molecule has 1 aliphatic heterocycles. The van der Waals surface area contributed by atoms with Crippen LogP contribution in [-0.2, 0) is 4.74 Å². The fraction of sp³-hybridized carbons (Fsp3) is 0.304. The number of ether oxygens (including phenoxy) is 1. The lowest BCUT2D eigenvalue weighted by atomic mass is 10.2. The topological polar surface area (TPSA) is 61.9 Å². The highest BCUT2D eigenvalue weighted by Gasteiger charge is 2.20. The standard InChI is InChI=1S/C23H27N3O3/c1-2-29-22(27)20-10-12-21(13-11-20)24-23(28)26-17-15-25(16-18-26)14-6-9-19-7-4-3-5-8-19/h3-13H,2,14-18H2,1H3,(H,24,28). The third-order valence-corrected chi connectivity index (χ3v) is 4.78. The third kappa shape index (κ3) is 6.19. The summed E-state index contributed by atoms with van der Waals surface area (Å²) >= 11 is 0. The summed E-state index contributed by atoms with van der Waals surface area (Å²) in [4.78, 5) is 28.3. The van der Waals surface area contributed by atoms with Crippen molar-refractivity contribution in [2.24, 2.45) is 0 Å². The van der Waals surface area contributed by atoms with Gasteiger partial charge >= 0.3 is 12.0 Å². The third-order valence-electron chi connectivity index (χ3n) is 4.78. The summed E-state index contributed by atoms with van der Waals surface area (Å²) in [5, 5.41) is 2.89. The van der Waals surface area contributed by atoms with Crippen LogP contribution >= 0.6 is 0 Å². The molecule has 1 fully saturated rings. The van der Waals surface area contributed by atoms with E-state index in [-0.39, 0.29) is 12.0 Å². The first-order valence-electron chi connectivity index (χ1n) is 9.93. The molecule has 2 amide bonds. The van der Waals surface area contributed by atoms with Gasteiger partial charge in [-0.3, -0.25) is 4.90 Å². The zero-order valence-electron chi connectivity index (χ0n) is 16.7. The van der Waals surface area contributed by atoms with Crippen molar-refractivity contribution in [2.75, 3.05) is 44.6 Å². The molecular weight excluding hydrogens is 366 g/mol. The number of anilines is 1. The van der Waals surface area contributed by atoms with Gasteiger partial charge in [0.25, 0.3) is 0 Å². The molecule has 2 aromatic rings. The van der Waals surface area contributed by atoms with Crippen LogP contribution in [0.5, 0.6) is 0 Å². The second-order valence-electron chi connectivity index (χ2n) is 6.83. The molecular formula is C23H27N3O3. The molecule has 3 rings (SSSR count). The number of hydrogen-bond donors (Lipinski definition) is 1. The number of piperazine rings is 1. The Morgan fingerprint density at radius 2 is 1.69 bits per heavy atom. The number of benzene rings is 2. The molecule has 0 saturated carbocycles. The lowest BCUT2D eigenvalue weighted by Crippen LogP contribution is -2.49. The summed E-state index contributed by atoms with van der Waals surface area (Å²) in [5.41, 5.74) is 2.33. The molecule has 29 heavy (non-hydrogen) atoms. The van der Waals surface area contributed by atoms with Crippen molar-refractivity contribution in [1.82, 2.24) is 9.80 Å². The normalized spacial score (nSPS) is 14.7. The minimum absolute atomic E-state index is 0.117. The Kier molecular flexibility index (Phi) is 7.41. The number of amides is 2. The molecule has 1 N–H and O–H groups in total. The van der Waals surface area contributed by atoms with E-state index in [1.807, 2.05) is 23.1 Å². The molecule has 6 nitrogen and oxygen atoms in total. The minimum Gasteiger partial charge on any atom is -0.462 e. The number of urea groups is 1. The zero-order chi connectivity index (χ0) is 20.5. The maximum Gasteiger partial charge on any atom is 0.338 e. The number of esters is 1. The molecule has 0 atom stereocenters. The molecule has 2 aromatic carbocycles. The van der Waals surface area contributed by atoms with Crippen LogP contribution in [0.1, 0.15) is 22.8 Å². The van der Waals surface area contributed by atoms with E-state index in [0.717, 1.165) is 19.6 Å². The number of hydrogen-bond acceptors (Lipinski definition) is 4. The predicted octanol–water partition coefficient (Wildman–Crippen LogP) is 3.73. The van der Waals surface area contributed by atoms with E-state index < -0.39 is 0 Å². The predicted molar refractivity (Wildman–Crippen MR) is 115 cm³/mol. The first-order valence-corrected chi connectivity index (χ1v) is 9.93. The Balaban J connectivity index is 1.43. The van der Waals surface area contributed by atoms with Crippen LogP contribution < -0.4 is 5.32 Å². The second kappa shape index (κ2) is 10.4. The van der Waals surface area contributed by atoms with Crippen LogP contribution in [-0.4, -0.2) is 61.1 Å². The van der Waals surface area contributed by atoms with Crippen molar-refractivity contribution in [2.45, 2.75) is 6.92 Å². The highest BCUT2D eigenvalue weighted by atomic mass is 16.5. The van der Waals surface area contributed by atoms with Gasteiger partial charge in [-0.25, -0.2) is 9.59 Å². The lowest BCUT2D eigenvalue weighted by molar-refractivity contribution is 0.0526. The molecule has 0 radical (unpaired) electrons. The van der Waals surface area contributed by atoms with Crippen molar-refractivity contribution < 1.29 is 14.3 Å². The fourth-order valence-electron chi connectivity index (χ4n) is 3.14. The van der Waals surface area contributed by atoms with Gasteiger partial charge in [-0.15, -0.1) is 0 Å². The SMILES string of the molecule is CCOC(=O)c1ccc(NC(=O)N2CCN(CC=Cc3ccccc3)CC2)cc1. The number of rotatable bonds is 6. The van der Waals surface area contributed by atoms with Crippen molar-refractivity contribution in [3.05, 3.63) is 71.8 Å². The van der Waals surface area contributed by atoms with Crippen molar-refractivity contribution in [3.8, 4) is 0 Å². The Morgan fingerprint density at radius 1 is 1.00 bits per heavy atom. The summed E-state index contributed by atoms with van der Waals surface area (Å²) in [5.74, 6) is -0.359. The highest BCUT2D eigenvalue weighted by Crippen LogP contribution is 2.12. The molecule has 1 heterocycles. The van der Waals surface area contributed by atoms with Gasteiger partial charge < -0.3 is 15.0 Å². The molecule has 1 saturated heterocycles. The molecule has 6 heteroatoms. The lowest BCUT2D eigenvalue weighted by Gasteiger charge is -2.34. The van der Waals surface area contributed by atoms with Gasteiger partial charge in [0.15, 0.2) is 0 Å². The molecule has 0 unspecified atom stereocenters. The van der Waals surface area contributed by atoms with E-state index in [1.165, 1.54) is 5.56 Å². The van der Waals surface area contributed by atoms with Gasteiger partial charge in [-0.2, -0.15) is 0 Å². The van der Waals surface area contributed by atoms with Crippen molar-refractivity contribution in [1.29, 1.82) is 0 Å². The Bertz CT molecular complexity index is 826. The van der Waals surface area contributed by atoms with E-state index in [4.69, 9.17) is 4.74 Å². The van der Waals surface area contributed by atoms with Gasteiger partial charge in [0.05, 0.1) is 12.2 Å². The van der Waals surface area contributed by atoms with E-state index in [2.05, 4.69) is 34.5 Å². The molecule has 0 bridgehead atoms. The van der Waals surface area contributed by atoms with Crippen molar-refractivity contribution in [3.63, 3.8) is 0 Å². The van der Waals surface area contributed by atoms with Crippen LogP contribution in [0, 0.1) is 0 Å². The van der Waals surface area contributed by atoms with Crippen LogP contribution in [0.2, 0.25) is 0 Å². The number of nitrogens with one attached hydrogen (secondary N) is 1. The monoisotopic (exact) mass is 393 g/mol. The van der Waals surface area contributed by atoms with E-state index in [1.54, 1.807) is 31.2 Å². The van der Waals surface area contributed by atoms with E-state index >= 15 is 0 Å². The summed E-state index contributed by atoms with van der Waals surface area (Å²) in [6.07, 6.45) is 4.29. The Labute approximate surface area is 171 Å². The van der Waals surface area contributed by atoms with E-state index in [9.17, 15) is 9.59 Å². The zero-order valence-corrected chi connectivity index (χ0v) is 16.7. The molecule has 0 aromatic heterocycles. The van der Waals surface area contributed by atoms with Crippen LogP contribution in [0.3, 0.4) is 0 Å². The maximum atomic E-state index is 12.5. The summed E-state index contributed by atoms with van der Waals surface area (Å²) in [6, 6.07) is 16.9. The van der Waals surface area contributed by atoms with Gasteiger partial charge in [-0.1, -0.05) is 42.5 Å². The minimum atomic E-state index is -0.359. The fourth-order valence-corrected chi connectivity index (χ4v) is 3.14. The first kappa shape index (κ1) is 20.6. The smallest absolute Gasteiger partial charge is 0.338 e. The number of nitrogens with zero attached hydrogens (tertiary/aromatic N) is 2. The summed E-state index contributed by atoms with van der Waals surface area (Å²) < 4.78 is 4.96. The Morgan fingerprint density at radius 3 is 2.34 bits per heavy atom. The molecule has 152 valence electrons. The van der Waals surface area contributed by atoms with Crippen LogP contribution in [0.15, 0.2) is 60.7 Å². The van der Waals surface area contributed by atoms with Crippen LogP contribution in [0.25, 0.3) is 6.08 Å². The quantitative estimate of drug-likeness (QED) is 0.760. The van der Waals surface area contributed by atoms with Gasteiger partial charge in [-0.05, 0) is 36.8 Å². The first-order chi connectivity index (χ1) is 14.2. The van der Waals surface area contributed by atoms with Crippen molar-refractivity contribution >= 4 is 23.8 Å². The largest absolute Gasteiger partial charge is 0.462 e. The van der Waals surface area contributed by atoms with Crippen LogP contribution in [0.4, 0.5) is 10.5 Å². The van der Waals surface area contributed by atoms with Gasteiger partial charge in [0, 0.05) is 38.4 Å². The Hall–Kier alpha value is -3.12. The highest BCUT2D eigenvalue weighted by molar-refractivity contribution is 5.92. The summed E-state index contributed by atoms with van der Waals surface area (Å²) in [7, 11) is 0. The number of carbonyl (C=O) groups excluding carboxylic acids is 2. The average molecular weight is 393 g/mol. The second-order valence-corrected chi connectivity index (χ2v) is 6.83. The number of carbonyl (C=O) groups is 2. The molecule has 0 aliphatic carbocycles. The van der Waals surface area contributed by atoms with E-state index in [0.29, 0.717) is 30.9 Å². The molecule has 0 spiro atoms.